The van der Waals surface area contributed by atoms with E-state index >= 15 is 0 Å². The first-order valence-electron chi connectivity index (χ1n) is 7.60. The Hall–Kier alpha value is -1.22. The Bertz CT molecular complexity index is 454. The fourth-order valence-electron chi connectivity index (χ4n) is 2.61. The lowest BCUT2D eigenvalue weighted by Crippen LogP contribution is -2.39. The zero-order valence-electron chi connectivity index (χ0n) is 13.3. The molecule has 0 fully saturated rings. The van der Waals surface area contributed by atoms with Crippen LogP contribution >= 0.6 is 0 Å². The molecule has 1 aromatic carbocycles. The van der Waals surface area contributed by atoms with Crippen molar-refractivity contribution >= 4 is 0 Å². The van der Waals surface area contributed by atoms with E-state index in [-0.39, 0.29) is 5.60 Å². The van der Waals surface area contributed by atoms with Crippen molar-refractivity contribution in [3.05, 3.63) is 23.8 Å². The van der Waals surface area contributed by atoms with Crippen molar-refractivity contribution < 1.29 is 9.47 Å². The minimum Gasteiger partial charge on any atom is -0.493 e. The molecule has 20 heavy (non-hydrogen) atoms. The molecule has 0 radical (unpaired) electrons. The molecule has 1 heterocycles. The summed E-state index contributed by atoms with van der Waals surface area (Å²) >= 11 is 0. The van der Waals surface area contributed by atoms with E-state index in [0.717, 1.165) is 31.1 Å². The van der Waals surface area contributed by atoms with Crippen molar-refractivity contribution in [2.24, 2.45) is 5.92 Å². The van der Waals surface area contributed by atoms with Gasteiger partial charge in [-0.3, -0.25) is 0 Å². The second kappa shape index (κ2) is 6.04. The van der Waals surface area contributed by atoms with Crippen LogP contribution in [0.2, 0.25) is 0 Å². The summed E-state index contributed by atoms with van der Waals surface area (Å²) in [5, 5.41) is 3.55. The van der Waals surface area contributed by atoms with Crippen molar-refractivity contribution in [1.82, 2.24) is 5.32 Å². The Balaban J connectivity index is 2.22. The first kappa shape index (κ1) is 15.2. The largest absolute Gasteiger partial charge is 0.493 e. The van der Waals surface area contributed by atoms with Crippen LogP contribution in [0.1, 0.15) is 52.6 Å². The van der Waals surface area contributed by atoms with Gasteiger partial charge in [0.2, 0.25) is 0 Å². The molecule has 0 aromatic heterocycles. The minimum absolute atomic E-state index is 0.142. The highest BCUT2D eigenvalue weighted by Gasteiger charge is 2.33. The lowest BCUT2D eigenvalue weighted by Gasteiger charge is -2.38. The Labute approximate surface area is 122 Å². The quantitative estimate of drug-likeness (QED) is 0.884. The maximum absolute atomic E-state index is 6.12. The molecular formula is C17H27NO2. The van der Waals surface area contributed by atoms with Crippen LogP contribution in [0.25, 0.3) is 0 Å². The van der Waals surface area contributed by atoms with Crippen molar-refractivity contribution in [2.45, 2.75) is 52.7 Å². The molecule has 1 aliphatic heterocycles. The number of rotatable bonds is 5. The zero-order chi connectivity index (χ0) is 14.8. The van der Waals surface area contributed by atoms with E-state index in [9.17, 15) is 0 Å². The molecule has 0 saturated carbocycles. The highest BCUT2D eigenvalue weighted by Crippen LogP contribution is 2.41. The predicted molar refractivity (Wildman–Crippen MR) is 82.5 cm³/mol. The number of benzene rings is 1. The van der Waals surface area contributed by atoms with Crippen LogP contribution in [-0.2, 0) is 0 Å². The van der Waals surface area contributed by atoms with Crippen LogP contribution in [0, 0.1) is 5.92 Å². The predicted octanol–water partition coefficient (Wildman–Crippen LogP) is 3.93. The van der Waals surface area contributed by atoms with Gasteiger partial charge in [0.1, 0.15) is 17.1 Å². The van der Waals surface area contributed by atoms with Gasteiger partial charge in [-0.15, -0.1) is 0 Å². The average molecular weight is 277 g/mol. The topological polar surface area (TPSA) is 30.5 Å². The molecule has 0 spiro atoms. The summed E-state index contributed by atoms with van der Waals surface area (Å²) in [5.74, 6) is 2.37. The van der Waals surface area contributed by atoms with Crippen LogP contribution in [0.3, 0.4) is 0 Å². The monoisotopic (exact) mass is 277 g/mol. The standard InChI is InChI=1S/C17H27NO2/c1-6-18-15-10-17(4,5)20-16-9-13(7-8-14(15)16)19-11-12(2)3/h7-9,12,15,18H,6,10-11H2,1-5H3. The Morgan fingerprint density at radius 3 is 2.80 bits per heavy atom. The fraction of sp³-hybridized carbons (Fsp3) is 0.647. The Morgan fingerprint density at radius 2 is 2.15 bits per heavy atom. The van der Waals surface area contributed by atoms with Gasteiger partial charge in [-0.2, -0.15) is 0 Å². The van der Waals surface area contributed by atoms with Gasteiger partial charge in [0.25, 0.3) is 0 Å². The molecule has 2 rings (SSSR count). The fourth-order valence-corrected chi connectivity index (χ4v) is 2.61. The van der Waals surface area contributed by atoms with Gasteiger partial charge in [0.15, 0.2) is 0 Å². The van der Waals surface area contributed by atoms with Gasteiger partial charge < -0.3 is 14.8 Å². The van der Waals surface area contributed by atoms with E-state index in [4.69, 9.17) is 9.47 Å². The van der Waals surface area contributed by atoms with Crippen molar-refractivity contribution in [2.75, 3.05) is 13.2 Å². The maximum Gasteiger partial charge on any atom is 0.128 e. The molecular weight excluding hydrogens is 250 g/mol. The summed E-state index contributed by atoms with van der Waals surface area (Å²) in [6, 6.07) is 6.57. The van der Waals surface area contributed by atoms with Gasteiger partial charge in [-0.1, -0.05) is 26.8 Å². The summed E-state index contributed by atoms with van der Waals surface area (Å²) in [6.07, 6.45) is 0.986. The molecule has 1 aromatic rings. The zero-order valence-corrected chi connectivity index (χ0v) is 13.3. The number of ether oxygens (including phenoxy) is 2. The van der Waals surface area contributed by atoms with Gasteiger partial charge in [0.05, 0.1) is 6.61 Å². The van der Waals surface area contributed by atoms with Crippen LogP contribution in [0.4, 0.5) is 0 Å². The third-order valence-electron chi connectivity index (χ3n) is 3.48. The molecule has 0 saturated heterocycles. The third-order valence-corrected chi connectivity index (χ3v) is 3.48. The van der Waals surface area contributed by atoms with Crippen molar-refractivity contribution in [1.29, 1.82) is 0 Å². The van der Waals surface area contributed by atoms with E-state index in [1.807, 2.05) is 12.1 Å². The molecule has 3 nitrogen and oxygen atoms in total. The Kier molecular flexibility index (Phi) is 4.59. The lowest BCUT2D eigenvalue weighted by molar-refractivity contribution is 0.0659. The van der Waals surface area contributed by atoms with E-state index in [0.29, 0.717) is 12.0 Å². The summed E-state index contributed by atoms with van der Waals surface area (Å²) in [5.41, 5.74) is 1.10. The van der Waals surface area contributed by atoms with E-state index in [1.54, 1.807) is 0 Å². The van der Waals surface area contributed by atoms with E-state index < -0.39 is 0 Å². The minimum atomic E-state index is -0.142. The van der Waals surface area contributed by atoms with Crippen LogP contribution in [-0.4, -0.2) is 18.8 Å². The average Bonchev–Trinajstić information content (AvgIpc) is 2.35. The van der Waals surface area contributed by atoms with Crippen LogP contribution < -0.4 is 14.8 Å². The SMILES string of the molecule is CCNC1CC(C)(C)Oc2cc(OCC(C)C)ccc21. The third kappa shape index (κ3) is 3.66. The highest BCUT2D eigenvalue weighted by atomic mass is 16.5. The molecule has 3 heteroatoms. The first-order valence-corrected chi connectivity index (χ1v) is 7.60. The van der Waals surface area contributed by atoms with E-state index in [2.05, 4.69) is 46.0 Å². The van der Waals surface area contributed by atoms with Gasteiger partial charge in [0, 0.05) is 24.1 Å². The molecule has 1 atom stereocenters. The van der Waals surface area contributed by atoms with Crippen molar-refractivity contribution in [3.63, 3.8) is 0 Å². The molecule has 0 aliphatic carbocycles. The van der Waals surface area contributed by atoms with Crippen LogP contribution in [0.15, 0.2) is 18.2 Å². The van der Waals surface area contributed by atoms with Crippen LogP contribution in [0.5, 0.6) is 11.5 Å². The highest BCUT2D eigenvalue weighted by molar-refractivity contribution is 5.44. The second-order valence-electron chi connectivity index (χ2n) is 6.58. The Morgan fingerprint density at radius 1 is 1.40 bits per heavy atom. The number of hydrogen-bond donors (Lipinski definition) is 1. The van der Waals surface area contributed by atoms with Crippen molar-refractivity contribution in [3.8, 4) is 11.5 Å². The molecule has 0 bridgehead atoms. The number of nitrogens with one attached hydrogen (secondary N) is 1. The normalized spacial score (nSPS) is 20.4. The summed E-state index contributed by atoms with van der Waals surface area (Å²) in [4.78, 5) is 0. The smallest absolute Gasteiger partial charge is 0.128 e. The van der Waals surface area contributed by atoms with E-state index in [1.165, 1.54) is 5.56 Å². The second-order valence-corrected chi connectivity index (χ2v) is 6.58. The number of fused-ring (bicyclic) bond motifs is 1. The molecule has 1 N–H and O–H groups in total. The summed E-state index contributed by atoms with van der Waals surface area (Å²) < 4.78 is 11.9. The summed E-state index contributed by atoms with van der Waals surface area (Å²) in [6.45, 7) is 12.4. The number of hydrogen-bond acceptors (Lipinski definition) is 3. The molecule has 112 valence electrons. The summed E-state index contributed by atoms with van der Waals surface area (Å²) in [7, 11) is 0. The van der Waals surface area contributed by atoms with Gasteiger partial charge in [-0.25, -0.2) is 0 Å². The molecule has 1 unspecified atom stereocenters. The lowest BCUT2D eigenvalue weighted by atomic mass is 9.89. The first-order chi connectivity index (χ1) is 9.41. The van der Waals surface area contributed by atoms with Gasteiger partial charge in [-0.05, 0) is 32.4 Å². The molecule has 1 aliphatic rings. The van der Waals surface area contributed by atoms with Gasteiger partial charge >= 0.3 is 0 Å². The maximum atomic E-state index is 6.12. The molecule has 0 amide bonds.